The molecule has 56 heavy (non-hydrogen) atoms. The summed E-state index contributed by atoms with van der Waals surface area (Å²) in [7, 11) is 0. The predicted molar refractivity (Wildman–Crippen MR) is 246 cm³/mol. The number of anilines is 1. The molecule has 0 unspecified atom stereocenters. The molecule has 0 radical (unpaired) electrons. The fourth-order valence-corrected chi connectivity index (χ4v) is 8.12. The lowest BCUT2D eigenvalue weighted by Gasteiger charge is -2.12. The summed E-state index contributed by atoms with van der Waals surface area (Å²) in [5, 5.41) is 2.65. The molecular weight excluding hydrogens is 695 g/mol. The Morgan fingerprint density at radius 1 is 0.446 bits per heavy atom. The van der Waals surface area contributed by atoms with Crippen LogP contribution in [0.5, 0.6) is 0 Å². The van der Waals surface area contributed by atoms with E-state index in [1.54, 1.807) is 0 Å². The van der Waals surface area contributed by atoms with Crippen LogP contribution in [0.15, 0.2) is 225 Å². The monoisotopic (exact) mass is 735 g/mol. The van der Waals surface area contributed by atoms with Crippen molar-refractivity contribution in [2.45, 2.75) is 0 Å². The van der Waals surface area contributed by atoms with E-state index in [9.17, 15) is 0 Å². The van der Waals surface area contributed by atoms with Crippen LogP contribution >= 0.6 is 11.3 Å². The summed E-state index contributed by atoms with van der Waals surface area (Å²) in [5.74, 6) is 0. The van der Waals surface area contributed by atoms with Gasteiger partial charge in [-0.15, -0.1) is 11.3 Å². The number of hydrogen-bond acceptors (Lipinski definition) is 2. The molecule has 1 aromatic heterocycles. The Bertz CT molecular complexity index is 2760. The number of allylic oxidation sites excluding steroid dienone is 4. The number of nitrogens with two attached hydrogens (primary N) is 1. The van der Waals surface area contributed by atoms with Crippen molar-refractivity contribution >= 4 is 48.8 Å². The van der Waals surface area contributed by atoms with Crippen molar-refractivity contribution in [3.05, 3.63) is 236 Å². The Morgan fingerprint density at radius 3 is 1.55 bits per heavy atom. The van der Waals surface area contributed by atoms with Crippen LogP contribution in [0.1, 0.15) is 11.1 Å². The number of fused-ring (bicyclic) bond motifs is 3. The van der Waals surface area contributed by atoms with E-state index >= 15 is 0 Å². The fourth-order valence-electron chi connectivity index (χ4n) is 6.99. The van der Waals surface area contributed by atoms with E-state index in [4.69, 9.17) is 5.73 Å². The predicted octanol–water partition coefficient (Wildman–Crippen LogP) is 15.3. The molecular formula is C54H41NS. The van der Waals surface area contributed by atoms with Crippen molar-refractivity contribution in [3.8, 4) is 44.5 Å². The van der Waals surface area contributed by atoms with Gasteiger partial charge in [0.15, 0.2) is 0 Å². The largest absolute Gasteiger partial charge is 0.399 e. The maximum Gasteiger partial charge on any atom is 0.0362 e. The first kappa shape index (κ1) is 36.0. The lowest BCUT2D eigenvalue weighted by molar-refractivity contribution is 1.59. The third kappa shape index (κ3) is 8.22. The molecule has 0 saturated carbocycles. The Labute approximate surface area is 333 Å². The van der Waals surface area contributed by atoms with Crippen molar-refractivity contribution in [2.75, 3.05) is 5.73 Å². The maximum atomic E-state index is 5.70. The molecule has 1 nitrogen and oxygen atoms in total. The molecule has 0 spiro atoms. The van der Waals surface area contributed by atoms with E-state index in [2.05, 4.69) is 183 Å². The van der Waals surface area contributed by atoms with Crippen molar-refractivity contribution < 1.29 is 0 Å². The standard InChI is InChI=1S/C36H26S.C18H15N/c1-2-11-27(28-12-5-3-6-13-28)21-18-26-19-22-30(23-20-26)33-25-36-34(31-16-9-10-17-35(31)37-36)24-32(33)29-14-7-4-8-15-29;19-18-12-10-17(11-13-18)16-8-6-15(7-9-16)14-4-2-1-3-5-14/h2-25H,1H2;1-13H,19H2/b21-18-,27-11+;. The van der Waals surface area contributed by atoms with Crippen molar-refractivity contribution in [1.82, 2.24) is 0 Å². The minimum atomic E-state index is 0.796. The molecule has 0 aliphatic heterocycles. The summed E-state index contributed by atoms with van der Waals surface area (Å²) in [5.41, 5.74) is 19.8. The van der Waals surface area contributed by atoms with Crippen molar-refractivity contribution in [3.63, 3.8) is 0 Å². The van der Waals surface area contributed by atoms with Gasteiger partial charge in [-0.1, -0.05) is 201 Å². The molecule has 268 valence electrons. The van der Waals surface area contributed by atoms with Crippen LogP contribution in [0.4, 0.5) is 5.69 Å². The van der Waals surface area contributed by atoms with Gasteiger partial charge in [0.25, 0.3) is 0 Å². The maximum absolute atomic E-state index is 5.70. The van der Waals surface area contributed by atoms with Gasteiger partial charge in [-0.3, -0.25) is 0 Å². The highest BCUT2D eigenvalue weighted by atomic mass is 32.1. The van der Waals surface area contributed by atoms with Gasteiger partial charge >= 0.3 is 0 Å². The molecule has 8 aromatic carbocycles. The van der Waals surface area contributed by atoms with Gasteiger partial charge in [-0.25, -0.2) is 0 Å². The Morgan fingerprint density at radius 2 is 0.929 bits per heavy atom. The van der Waals surface area contributed by atoms with Crippen molar-refractivity contribution in [1.29, 1.82) is 0 Å². The van der Waals surface area contributed by atoms with Gasteiger partial charge in [0, 0.05) is 25.9 Å². The number of thiophene rings is 1. The van der Waals surface area contributed by atoms with Crippen LogP contribution in [0.25, 0.3) is 76.3 Å². The van der Waals surface area contributed by atoms with Crippen LogP contribution in [-0.4, -0.2) is 0 Å². The quantitative estimate of drug-likeness (QED) is 0.122. The molecule has 9 rings (SSSR count). The average molecular weight is 736 g/mol. The lowest BCUT2D eigenvalue weighted by atomic mass is 9.92. The summed E-state index contributed by atoms with van der Waals surface area (Å²) in [6.45, 7) is 3.89. The van der Waals surface area contributed by atoms with Gasteiger partial charge in [-0.2, -0.15) is 0 Å². The lowest BCUT2D eigenvalue weighted by Crippen LogP contribution is -1.86. The summed E-state index contributed by atoms with van der Waals surface area (Å²) in [6, 6.07) is 70.4. The van der Waals surface area contributed by atoms with Crippen LogP contribution < -0.4 is 5.73 Å². The van der Waals surface area contributed by atoms with E-state index < -0.39 is 0 Å². The highest BCUT2D eigenvalue weighted by molar-refractivity contribution is 7.25. The molecule has 0 bridgehead atoms. The zero-order valence-electron chi connectivity index (χ0n) is 31.1. The minimum absolute atomic E-state index is 0.796. The fraction of sp³-hybridized carbons (Fsp3) is 0. The molecule has 0 fully saturated rings. The van der Waals surface area contributed by atoms with Crippen LogP contribution in [0.3, 0.4) is 0 Å². The highest BCUT2D eigenvalue weighted by Crippen LogP contribution is 2.42. The first-order valence-corrected chi connectivity index (χ1v) is 19.6. The van der Waals surface area contributed by atoms with Gasteiger partial charge in [0.2, 0.25) is 0 Å². The Kier molecular flexibility index (Phi) is 10.9. The normalized spacial score (nSPS) is 11.4. The third-order valence-electron chi connectivity index (χ3n) is 9.92. The second-order valence-electron chi connectivity index (χ2n) is 13.6. The summed E-state index contributed by atoms with van der Waals surface area (Å²) in [4.78, 5) is 0. The minimum Gasteiger partial charge on any atom is -0.399 e. The molecule has 9 aromatic rings. The molecule has 0 saturated heterocycles. The molecule has 2 heteroatoms. The SMILES string of the molecule is C=C/C=C(\C=C/c1ccc(-c2cc3sc4ccccc4c3cc2-c2ccccc2)cc1)c1ccccc1.Nc1ccc(-c2ccc(-c3ccccc3)cc2)cc1. The van der Waals surface area contributed by atoms with E-state index in [1.807, 2.05) is 59.9 Å². The van der Waals surface area contributed by atoms with Crippen LogP contribution in [0, 0.1) is 0 Å². The smallest absolute Gasteiger partial charge is 0.0362 e. The van der Waals surface area contributed by atoms with E-state index in [1.165, 1.54) is 75.8 Å². The number of benzene rings is 8. The topological polar surface area (TPSA) is 26.0 Å². The van der Waals surface area contributed by atoms with E-state index in [-0.39, 0.29) is 0 Å². The van der Waals surface area contributed by atoms with E-state index in [0.29, 0.717) is 0 Å². The molecule has 0 atom stereocenters. The second-order valence-corrected chi connectivity index (χ2v) is 14.7. The summed E-state index contributed by atoms with van der Waals surface area (Å²) in [6.07, 6.45) is 8.21. The zero-order chi connectivity index (χ0) is 38.1. The first-order valence-electron chi connectivity index (χ1n) is 18.8. The Balaban J connectivity index is 0.000000194. The van der Waals surface area contributed by atoms with Crippen LogP contribution in [0.2, 0.25) is 0 Å². The number of rotatable bonds is 8. The second kappa shape index (κ2) is 17.0. The molecule has 1 heterocycles. The third-order valence-corrected chi connectivity index (χ3v) is 11.1. The zero-order valence-corrected chi connectivity index (χ0v) is 31.9. The summed E-state index contributed by atoms with van der Waals surface area (Å²) < 4.78 is 2.65. The van der Waals surface area contributed by atoms with Gasteiger partial charge < -0.3 is 5.73 Å². The summed E-state index contributed by atoms with van der Waals surface area (Å²) >= 11 is 1.87. The average Bonchev–Trinajstić information content (AvgIpc) is 3.64. The molecule has 0 amide bonds. The highest BCUT2D eigenvalue weighted by Gasteiger charge is 2.13. The van der Waals surface area contributed by atoms with Crippen molar-refractivity contribution in [2.24, 2.45) is 0 Å². The van der Waals surface area contributed by atoms with E-state index in [0.717, 1.165) is 11.3 Å². The van der Waals surface area contributed by atoms with Gasteiger partial charge in [0.05, 0.1) is 0 Å². The van der Waals surface area contributed by atoms with Gasteiger partial charge in [-0.05, 0) is 91.5 Å². The molecule has 2 N–H and O–H groups in total. The van der Waals surface area contributed by atoms with Gasteiger partial charge in [0.1, 0.15) is 0 Å². The van der Waals surface area contributed by atoms with Crippen LogP contribution in [-0.2, 0) is 0 Å². The first-order chi connectivity index (χ1) is 27.6. The molecule has 0 aliphatic carbocycles. The molecule has 0 aliphatic rings. The number of nitrogen functional groups attached to an aromatic ring is 1. The Hall–Kier alpha value is -7.00. The number of hydrogen-bond donors (Lipinski definition) is 1.